The number of anilines is 2. The predicted octanol–water partition coefficient (Wildman–Crippen LogP) is 5.59. The van der Waals surface area contributed by atoms with Gasteiger partial charge in [0.15, 0.2) is 0 Å². The summed E-state index contributed by atoms with van der Waals surface area (Å²) in [4.78, 5) is 30.7. The summed E-state index contributed by atoms with van der Waals surface area (Å²) >= 11 is 0. The van der Waals surface area contributed by atoms with E-state index in [-0.39, 0.29) is 17.3 Å². The van der Waals surface area contributed by atoms with Crippen molar-refractivity contribution < 1.29 is 18.7 Å². The SMILES string of the molecule is Cc1ccc(Oc2ccc(NC(=O)c3ccc(NC(=O)N4CCCCC4)c(F)c3)cn2)cc1. The van der Waals surface area contributed by atoms with Crippen LogP contribution >= 0.6 is 0 Å². The number of piperidine rings is 1. The normalized spacial score (nSPS) is 13.3. The van der Waals surface area contributed by atoms with Crippen LogP contribution in [0.5, 0.6) is 11.6 Å². The van der Waals surface area contributed by atoms with Crippen molar-refractivity contribution in [2.24, 2.45) is 0 Å². The molecule has 1 fully saturated rings. The maximum absolute atomic E-state index is 14.5. The molecule has 1 aromatic heterocycles. The van der Waals surface area contributed by atoms with Crippen molar-refractivity contribution in [2.45, 2.75) is 26.2 Å². The molecule has 1 aliphatic rings. The largest absolute Gasteiger partial charge is 0.439 e. The van der Waals surface area contributed by atoms with Gasteiger partial charge in [-0.3, -0.25) is 4.79 Å². The lowest BCUT2D eigenvalue weighted by molar-refractivity contribution is 0.102. The second-order valence-corrected chi connectivity index (χ2v) is 7.93. The first-order valence-corrected chi connectivity index (χ1v) is 10.9. The lowest BCUT2D eigenvalue weighted by Gasteiger charge is -2.26. The minimum absolute atomic E-state index is 0.0430. The molecular formula is C25H25FN4O3. The number of rotatable bonds is 5. The van der Waals surface area contributed by atoms with Gasteiger partial charge in [-0.15, -0.1) is 0 Å². The molecule has 0 spiro atoms. The molecule has 0 unspecified atom stereocenters. The van der Waals surface area contributed by atoms with Crippen molar-refractivity contribution in [3.8, 4) is 11.6 Å². The van der Waals surface area contributed by atoms with Crippen molar-refractivity contribution in [1.82, 2.24) is 9.88 Å². The van der Waals surface area contributed by atoms with Gasteiger partial charge in [-0.2, -0.15) is 0 Å². The molecule has 8 heteroatoms. The second-order valence-electron chi connectivity index (χ2n) is 7.93. The van der Waals surface area contributed by atoms with E-state index in [1.807, 2.05) is 31.2 Å². The molecule has 1 aliphatic heterocycles. The van der Waals surface area contributed by atoms with Crippen LogP contribution in [-0.2, 0) is 0 Å². The highest BCUT2D eigenvalue weighted by molar-refractivity contribution is 6.04. The number of carbonyl (C=O) groups excluding carboxylic acids is 2. The lowest BCUT2D eigenvalue weighted by Crippen LogP contribution is -2.38. The maximum atomic E-state index is 14.5. The topological polar surface area (TPSA) is 83.6 Å². The molecule has 3 amide bonds. The molecule has 0 bridgehead atoms. The second kappa shape index (κ2) is 10.1. The number of urea groups is 1. The number of likely N-dealkylation sites (tertiary alicyclic amines) is 1. The highest BCUT2D eigenvalue weighted by Gasteiger charge is 2.18. The Morgan fingerprint density at radius 3 is 2.39 bits per heavy atom. The van der Waals surface area contributed by atoms with Gasteiger partial charge in [0.05, 0.1) is 17.6 Å². The van der Waals surface area contributed by atoms with E-state index >= 15 is 0 Å². The Labute approximate surface area is 191 Å². The molecule has 2 heterocycles. The summed E-state index contributed by atoms with van der Waals surface area (Å²) in [5.74, 6) is -0.116. The number of hydrogen-bond donors (Lipinski definition) is 2. The number of nitrogens with one attached hydrogen (secondary N) is 2. The molecule has 7 nitrogen and oxygen atoms in total. The first-order chi connectivity index (χ1) is 16.0. The van der Waals surface area contributed by atoms with E-state index in [1.54, 1.807) is 17.0 Å². The van der Waals surface area contributed by atoms with E-state index < -0.39 is 11.7 Å². The van der Waals surface area contributed by atoms with Gasteiger partial charge in [0, 0.05) is 24.7 Å². The third-order valence-electron chi connectivity index (χ3n) is 5.35. The third-order valence-corrected chi connectivity index (χ3v) is 5.35. The highest BCUT2D eigenvalue weighted by atomic mass is 19.1. The minimum atomic E-state index is -0.673. The Kier molecular flexibility index (Phi) is 6.83. The zero-order valence-electron chi connectivity index (χ0n) is 18.3. The monoisotopic (exact) mass is 448 g/mol. The number of halogens is 1. The molecule has 33 heavy (non-hydrogen) atoms. The van der Waals surface area contributed by atoms with Gasteiger partial charge in [0.1, 0.15) is 11.6 Å². The molecular weight excluding hydrogens is 423 g/mol. The van der Waals surface area contributed by atoms with Gasteiger partial charge in [-0.25, -0.2) is 14.2 Å². The van der Waals surface area contributed by atoms with E-state index in [9.17, 15) is 14.0 Å². The molecule has 0 atom stereocenters. The predicted molar refractivity (Wildman–Crippen MR) is 124 cm³/mol. The summed E-state index contributed by atoms with van der Waals surface area (Å²) in [6.45, 7) is 3.32. The standard InChI is InChI=1S/C25H25FN4O3/c1-17-5-9-20(10-6-17)33-23-12-8-19(16-27-23)28-24(31)18-7-11-22(21(26)15-18)29-25(32)30-13-3-2-4-14-30/h5-12,15-16H,2-4,13-14H2,1H3,(H,28,31)(H,29,32). The fourth-order valence-electron chi connectivity index (χ4n) is 3.49. The Bertz CT molecular complexity index is 1130. The van der Waals surface area contributed by atoms with Crippen molar-refractivity contribution in [3.05, 3.63) is 77.7 Å². The van der Waals surface area contributed by atoms with Crippen LogP contribution in [0.4, 0.5) is 20.6 Å². The van der Waals surface area contributed by atoms with E-state index in [2.05, 4.69) is 15.6 Å². The Hall–Kier alpha value is -3.94. The van der Waals surface area contributed by atoms with E-state index in [0.717, 1.165) is 30.9 Å². The number of carbonyl (C=O) groups is 2. The van der Waals surface area contributed by atoms with Crippen LogP contribution in [-0.4, -0.2) is 34.9 Å². The third kappa shape index (κ3) is 5.85. The van der Waals surface area contributed by atoms with Crippen molar-refractivity contribution in [2.75, 3.05) is 23.7 Å². The molecule has 3 aromatic rings. The Balaban J connectivity index is 1.35. The van der Waals surface area contributed by atoms with Gasteiger partial charge in [0.25, 0.3) is 5.91 Å². The van der Waals surface area contributed by atoms with Crippen molar-refractivity contribution in [3.63, 3.8) is 0 Å². The number of benzene rings is 2. The zero-order chi connectivity index (χ0) is 23.2. The number of nitrogens with zero attached hydrogens (tertiary/aromatic N) is 2. The first kappa shape index (κ1) is 22.3. The molecule has 0 aliphatic carbocycles. The van der Waals surface area contributed by atoms with E-state index in [0.29, 0.717) is 30.4 Å². The lowest BCUT2D eigenvalue weighted by atomic mass is 10.1. The summed E-state index contributed by atoms with van der Waals surface area (Å²) in [6.07, 6.45) is 4.46. The van der Waals surface area contributed by atoms with Crippen LogP contribution < -0.4 is 15.4 Å². The Morgan fingerprint density at radius 2 is 1.73 bits per heavy atom. The molecule has 4 rings (SSSR count). The van der Waals surface area contributed by atoms with Gasteiger partial charge < -0.3 is 20.3 Å². The van der Waals surface area contributed by atoms with Crippen LogP contribution in [0, 0.1) is 12.7 Å². The van der Waals surface area contributed by atoms with E-state index in [4.69, 9.17) is 4.74 Å². The number of aromatic nitrogens is 1. The van der Waals surface area contributed by atoms with Crippen LogP contribution in [0.1, 0.15) is 35.2 Å². The summed E-state index contributed by atoms with van der Waals surface area (Å²) in [5.41, 5.74) is 1.74. The van der Waals surface area contributed by atoms with Gasteiger partial charge in [0.2, 0.25) is 5.88 Å². The fraction of sp³-hybridized carbons (Fsp3) is 0.240. The zero-order valence-corrected chi connectivity index (χ0v) is 18.3. The van der Waals surface area contributed by atoms with Gasteiger partial charge in [-0.05, 0) is 62.6 Å². The van der Waals surface area contributed by atoms with Crippen LogP contribution in [0.3, 0.4) is 0 Å². The maximum Gasteiger partial charge on any atom is 0.321 e. The van der Waals surface area contributed by atoms with E-state index in [1.165, 1.54) is 18.3 Å². The van der Waals surface area contributed by atoms with Crippen molar-refractivity contribution in [1.29, 1.82) is 0 Å². The first-order valence-electron chi connectivity index (χ1n) is 10.9. The molecule has 0 radical (unpaired) electrons. The molecule has 2 N–H and O–H groups in total. The molecule has 1 saturated heterocycles. The minimum Gasteiger partial charge on any atom is -0.439 e. The smallest absolute Gasteiger partial charge is 0.321 e. The van der Waals surface area contributed by atoms with Crippen molar-refractivity contribution >= 4 is 23.3 Å². The van der Waals surface area contributed by atoms with Crippen LogP contribution in [0.25, 0.3) is 0 Å². The number of ether oxygens (including phenoxy) is 1. The Morgan fingerprint density at radius 1 is 0.970 bits per heavy atom. The summed E-state index contributed by atoms with van der Waals surface area (Å²) < 4.78 is 20.2. The molecule has 0 saturated carbocycles. The highest BCUT2D eigenvalue weighted by Crippen LogP contribution is 2.22. The van der Waals surface area contributed by atoms with Crippen LogP contribution in [0.2, 0.25) is 0 Å². The van der Waals surface area contributed by atoms with Gasteiger partial charge in [-0.1, -0.05) is 17.7 Å². The molecule has 170 valence electrons. The number of amides is 3. The van der Waals surface area contributed by atoms with Gasteiger partial charge >= 0.3 is 6.03 Å². The fourth-order valence-corrected chi connectivity index (χ4v) is 3.49. The average Bonchev–Trinajstić information content (AvgIpc) is 2.83. The number of hydrogen-bond acceptors (Lipinski definition) is 4. The number of pyridine rings is 1. The average molecular weight is 448 g/mol. The summed E-state index contributed by atoms with van der Waals surface area (Å²) in [7, 11) is 0. The summed E-state index contributed by atoms with van der Waals surface area (Å²) in [6, 6.07) is 14.5. The van der Waals surface area contributed by atoms with Crippen LogP contribution in [0.15, 0.2) is 60.8 Å². The quantitative estimate of drug-likeness (QED) is 0.533. The summed E-state index contributed by atoms with van der Waals surface area (Å²) in [5, 5.41) is 5.26. The number of aryl methyl sites for hydroxylation is 1. The molecule has 2 aromatic carbocycles.